The predicted octanol–water partition coefficient (Wildman–Crippen LogP) is 1.75. The van der Waals surface area contributed by atoms with Crippen LogP contribution in [0, 0.1) is 19.8 Å². The Morgan fingerprint density at radius 1 is 1.37 bits per heavy atom. The van der Waals surface area contributed by atoms with Crippen molar-refractivity contribution in [3.05, 3.63) is 23.3 Å². The Kier molecular flexibility index (Phi) is 3.46. The number of benzene rings is 1. The highest BCUT2D eigenvalue weighted by molar-refractivity contribution is 6.00. The molecular weight excluding hydrogens is 246 g/mol. The first-order valence-corrected chi connectivity index (χ1v) is 6.13. The van der Waals surface area contributed by atoms with Gasteiger partial charge in [0.15, 0.2) is 0 Å². The number of carboxylic acids is 1. The molecule has 1 amide bonds. The van der Waals surface area contributed by atoms with Crippen LogP contribution in [0.1, 0.15) is 17.5 Å². The Balaban J connectivity index is 2.36. The van der Waals surface area contributed by atoms with Crippen LogP contribution in [0.3, 0.4) is 0 Å². The summed E-state index contributed by atoms with van der Waals surface area (Å²) in [6.45, 7) is 4.07. The van der Waals surface area contributed by atoms with Gasteiger partial charge in [-0.3, -0.25) is 9.59 Å². The number of carboxylic acid groups (broad SMARTS) is 1. The van der Waals surface area contributed by atoms with E-state index in [9.17, 15) is 9.59 Å². The number of rotatable bonds is 3. The molecule has 2 rings (SSSR count). The summed E-state index contributed by atoms with van der Waals surface area (Å²) in [5, 5.41) is 9.00. The number of methoxy groups -OCH3 is 1. The maximum atomic E-state index is 11.9. The summed E-state index contributed by atoms with van der Waals surface area (Å²) >= 11 is 0. The second-order valence-electron chi connectivity index (χ2n) is 4.78. The highest BCUT2D eigenvalue weighted by Gasteiger charge is 2.35. The van der Waals surface area contributed by atoms with Crippen LogP contribution < -0.4 is 9.64 Å². The molecule has 1 heterocycles. The number of carbonyl (C=O) groups is 2. The summed E-state index contributed by atoms with van der Waals surface area (Å²) in [5.41, 5.74) is 2.68. The predicted molar refractivity (Wildman–Crippen MR) is 70.6 cm³/mol. The Bertz CT molecular complexity index is 538. The minimum Gasteiger partial charge on any atom is -0.496 e. The number of hydrogen-bond donors (Lipinski definition) is 1. The van der Waals surface area contributed by atoms with Crippen LogP contribution >= 0.6 is 0 Å². The van der Waals surface area contributed by atoms with Crippen molar-refractivity contribution in [3.63, 3.8) is 0 Å². The topological polar surface area (TPSA) is 66.8 Å². The van der Waals surface area contributed by atoms with Crippen molar-refractivity contribution in [1.82, 2.24) is 0 Å². The third-order valence-corrected chi connectivity index (χ3v) is 3.69. The zero-order valence-corrected chi connectivity index (χ0v) is 11.3. The van der Waals surface area contributed by atoms with Crippen molar-refractivity contribution in [2.45, 2.75) is 20.3 Å². The van der Waals surface area contributed by atoms with Crippen molar-refractivity contribution >= 4 is 17.6 Å². The average Bonchev–Trinajstić information content (AvgIpc) is 2.75. The van der Waals surface area contributed by atoms with Crippen LogP contribution in [0.2, 0.25) is 0 Å². The normalized spacial score (nSPS) is 18.8. The molecule has 1 N–H and O–H groups in total. The molecule has 1 saturated heterocycles. The highest BCUT2D eigenvalue weighted by atomic mass is 16.5. The minimum atomic E-state index is -0.918. The van der Waals surface area contributed by atoms with Crippen LogP contribution in [-0.2, 0) is 9.59 Å². The van der Waals surface area contributed by atoms with Gasteiger partial charge in [0.2, 0.25) is 5.91 Å². The number of carbonyl (C=O) groups excluding carboxylic acids is 1. The van der Waals surface area contributed by atoms with E-state index in [0.29, 0.717) is 0 Å². The molecule has 0 aliphatic carbocycles. The lowest BCUT2D eigenvalue weighted by atomic mass is 10.1. The average molecular weight is 263 g/mol. The van der Waals surface area contributed by atoms with Crippen LogP contribution in [0.15, 0.2) is 12.1 Å². The van der Waals surface area contributed by atoms with Gasteiger partial charge in [0, 0.05) is 18.7 Å². The number of amides is 1. The fourth-order valence-corrected chi connectivity index (χ4v) is 2.40. The van der Waals surface area contributed by atoms with Gasteiger partial charge in [-0.1, -0.05) is 0 Å². The first-order valence-electron chi connectivity index (χ1n) is 6.13. The molecule has 19 heavy (non-hydrogen) atoms. The van der Waals surface area contributed by atoms with E-state index in [1.54, 1.807) is 18.1 Å². The lowest BCUT2D eigenvalue weighted by Gasteiger charge is -2.21. The molecule has 1 aliphatic heterocycles. The summed E-state index contributed by atoms with van der Waals surface area (Å²) in [7, 11) is 1.60. The maximum Gasteiger partial charge on any atom is 0.308 e. The first kappa shape index (κ1) is 13.4. The van der Waals surface area contributed by atoms with Gasteiger partial charge in [-0.05, 0) is 37.1 Å². The van der Waals surface area contributed by atoms with Crippen molar-refractivity contribution in [3.8, 4) is 5.75 Å². The summed E-state index contributed by atoms with van der Waals surface area (Å²) in [4.78, 5) is 24.5. The van der Waals surface area contributed by atoms with Gasteiger partial charge in [0.25, 0.3) is 0 Å². The highest BCUT2D eigenvalue weighted by Crippen LogP contribution is 2.33. The molecule has 102 valence electrons. The fraction of sp³-hybridized carbons (Fsp3) is 0.429. The summed E-state index contributed by atoms with van der Waals surface area (Å²) in [6, 6.07) is 3.61. The molecule has 0 bridgehead atoms. The van der Waals surface area contributed by atoms with E-state index in [1.807, 2.05) is 19.9 Å². The lowest BCUT2D eigenvalue weighted by Crippen LogP contribution is -2.26. The number of ether oxygens (including phenoxy) is 1. The molecule has 0 saturated carbocycles. The third kappa shape index (κ3) is 2.28. The standard InChI is InChI=1S/C14H17NO4/c1-8-9(2)12(19-3)5-4-11(8)15-7-10(14(17)18)6-13(15)16/h4-5,10H,6-7H2,1-3H3,(H,17,18). The third-order valence-electron chi connectivity index (χ3n) is 3.69. The van der Waals surface area contributed by atoms with E-state index in [0.717, 1.165) is 22.6 Å². The number of hydrogen-bond acceptors (Lipinski definition) is 3. The molecule has 1 unspecified atom stereocenters. The number of anilines is 1. The van der Waals surface area contributed by atoms with Crippen molar-refractivity contribution in [2.75, 3.05) is 18.6 Å². The van der Waals surface area contributed by atoms with Crippen LogP contribution in [0.4, 0.5) is 5.69 Å². The smallest absolute Gasteiger partial charge is 0.308 e. The summed E-state index contributed by atoms with van der Waals surface area (Å²) in [6.07, 6.45) is 0.0693. The number of nitrogens with zero attached hydrogens (tertiary/aromatic N) is 1. The molecular formula is C14H17NO4. The Hall–Kier alpha value is -2.04. The maximum absolute atomic E-state index is 11.9. The van der Waals surface area contributed by atoms with E-state index >= 15 is 0 Å². The van der Waals surface area contributed by atoms with E-state index in [1.165, 1.54) is 0 Å². The molecule has 5 heteroatoms. The molecule has 0 spiro atoms. The van der Waals surface area contributed by atoms with Crippen LogP contribution in [0.5, 0.6) is 5.75 Å². The van der Waals surface area contributed by atoms with E-state index in [2.05, 4.69) is 0 Å². The van der Waals surface area contributed by atoms with Gasteiger partial charge in [0.05, 0.1) is 13.0 Å². The van der Waals surface area contributed by atoms with Gasteiger partial charge in [0.1, 0.15) is 5.75 Å². The molecule has 1 aliphatic rings. The first-order chi connectivity index (χ1) is 8.95. The van der Waals surface area contributed by atoms with Crippen molar-refractivity contribution in [1.29, 1.82) is 0 Å². The minimum absolute atomic E-state index is 0.0693. The second kappa shape index (κ2) is 4.91. The lowest BCUT2D eigenvalue weighted by molar-refractivity contribution is -0.141. The fourth-order valence-electron chi connectivity index (χ4n) is 2.40. The molecule has 0 aromatic heterocycles. The Morgan fingerprint density at radius 2 is 2.05 bits per heavy atom. The van der Waals surface area contributed by atoms with E-state index < -0.39 is 11.9 Å². The van der Waals surface area contributed by atoms with Gasteiger partial charge in [-0.15, -0.1) is 0 Å². The summed E-state index contributed by atoms with van der Waals surface area (Å²) < 4.78 is 5.23. The van der Waals surface area contributed by atoms with Crippen LogP contribution in [0.25, 0.3) is 0 Å². The number of aliphatic carboxylic acids is 1. The van der Waals surface area contributed by atoms with Gasteiger partial charge in [-0.2, -0.15) is 0 Å². The second-order valence-corrected chi connectivity index (χ2v) is 4.78. The zero-order valence-electron chi connectivity index (χ0n) is 11.3. The monoisotopic (exact) mass is 263 g/mol. The molecule has 1 aromatic rings. The largest absolute Gasteiger partial charge is 0.496 e. The van der Waals surface area contributed by atoms with Gasteiger partial charge < -0.3 is 14.7 Å². The van der Waals surface area contributed by atoms with Gasteiger partial charge >= 0.3 is 5.97 Å². The molecule has 0 radical (unpaired) electrons. The molecule has 1 aromatic carbocycles. The quantitative estimate of drug-likeness (QED) is 0.902. The van der Waals surface area contributed by atoms with Crippen molar-refractivity contribution < 1.29 is 19.4 Å². The van der Waals surface area contributed by atoms with E-state index in [-0.39, 0.29) is 18.9 Å². The summed E-state index contributed by atoms with van der Waals surface area (Å²) in [5.74, 6) is -0.907. The molecule has 1 fully saturated rings. The SMILES string of the molecule is COc1ccc(N2CC(C(=O)O)CC2=O)c(C)c1C. The van der Waals surface area contributed by atoms with Gasteiger partial charge in [-0.25, -0.2) is 0 Å². The Labute approximate surface area is 111 Å². The zero-order chi connectivity index (χ0) is 14.2. The molecule has 1 atom stereocenters. The van der Waals surface area contributed by atoms with Crippen LogP contribution in [-0.4, -0.2) is 30.6 Å². The Morgan fingerprint density at radius 3 is 2.58 bits per heavy atom. The van der Waals surface area contributed by atoms with Crippen molar-refractivity contribution in [2.24, 2.45) is 5.92 Å². The molecule has 5 nitrogen and oxygen atoms in total. The van der Waals surface area contributed by atoms with E-state index in [4.69, 9.17) is 9.84 Å².